The molecule has 0 saturated carbocycles. The van der Waals surface area contributed by atoms with Crippen molar-refractivity contribution in [3.8, 4) is 11.5 Å². The molecule has 0 bridgehead atoms. The molecule has 0 aromatic heterocycles. The van der Waals surface area contributed by atoms with E-state index in [1.54, 1.807) is 18.2 Å². The lowest BCUT2D eigenvalue weighted by atomic mass is 10.1. The molecule has 0 saturated heterocycles. The van der Waals surface area contributed by atoms with E-state index in [9.17, 15) is 9.59 Å². The fraction of sp³-hybridized carbons (Fsp3) is 0.310. The monoisotopic (exact) mass is 489 g/mol. The van der Waals surface area contributed by atoms with E-state index >= 15 is 0 Å². The fourth-order valence-corrected chi connectivity index (χ4v) is 3.67. The molecular formula is C29H35N3O4. The summed E-state index contributed by atoms with van der Waals surface area (Å²) in [5.41, 5.74) is 2.01. The van der Waals surface area contributed by atoms with Crippen molar-refractivity contribution in [1.29, 1.82) is 0 Å². The highest BCUT2D eigenvalue weighted by Crippen LogP contribution is 2.23. The summed E-state index contributed by atoms with van der Waals surface area (Å²) in [6, 6.07) is 24.1. The topological polar surface area (TPSA) is 79.9 Å². The van der Waals surface area contributed by atoms with E-state index in [-0.39, 0.29) is 18.4 Å². The molecule has 2 amide bonds. The highest BCUT2D eigenvalue weighted by molar-refractivity contribution is 5.96. The van der Waals surface area contributed by atoms with Crippen LogP contribution in [0.1, 0.15) is 37.0 Å². The van der Waals surface area contributed by atoms with Crippen molar-refractivity contribution in [2.45, 2.75) is 26.7 Å². The first-order valence-corrected chi connectivity index (χ1v) is 12.4. The maximum Gasteiger partial charge on any atom is 0.253 e. The third-order valence-corrected chi connectivity index (χ3v) is 5.37. The summed E-state index contributed by atoms with van der Waals surface area (Å²) in [6.45, 7) is 6.45. The van der Waals surface area contributed by atoms with Crippen molar-refractivity contribution in [2.24, 2.45) is 0 Å². The highest BCUT2D eigenvalue weighted by atomic mass is 16.5. The van der Waals surface area contributed by atoms with Crippen molar-refractivity contribution in [3.05, 3.63) is 84.4 Å². The molecule has 0 aliphatic carbocycles. The molecule has 0 unspecified atom stereocenters. The Morgan fingerprint density at radius 1 is 0.778 bits per heavy atom. The van der Waals surface area contributed by atoms with E-state index in [4.69, 9.17) is 9.47 Å². The Kier molecular flexibility index (Phi) is 10.6. The molecule has 0 aliphatic rings. The Labute approximate surface area is 213 Å². The second-order valence-corrected chi connectivity index (χ2v) is 8.28. The largest absolute Gasteiger partial charge is 0.490 e. The molecule has 0 heterocycles. The second-order valence-electron chi connectivity index (χ2n) is 8.28. The van der Waals surface area contributed by atoms with Gasteiger partial charge in [0.05, 0.1) is 12.2 Å². The van der Waals surface area contributed by atoms with Gasteiger partial charge in [0.25, 0.3) is 5.91 Å². The van der Waals surface area contributed by atoms with Gasteiger partial charge in [-0.25, -0.2) is 0 Å². The zero-order chi connectivity index (χ0) is 25.6. The number of para-hydroxylation sites is 3. The molecule has 3 aromatic carbocycles. The molecule has 3 rings (SSSR count). The van der Waals surface area contributed by atoms with E-state index in [0.29, 0.717) is 30.2 Å². The molecule has 0 spiro atoms. The van der Waals surface area contributed by atoms with Gasteiger partial charge in [-0.2, -0.15) is 0 Å². The fourth-order valence-electron chi connectivity index (χ4n) is 3.67. The van der Waals surface area contributed by atoms with E-state index in [0.717, 1.165) is 37.4 Å². The smallest absolute Gasteiger partial charge is 0.253 e. The third kappa shape index (κ3) is 8.34. The van der Waals surface area contributed by atoms with Gasteiger partial charge < -0.3 is 25.0 Å². The van der Waals surface area contributed by atoms with Crippen LogP contribution in [0.5, 0.6) is 11.5 Å². The van der Waals surface area contributed by atoms with Crippen LogP contribution in [-0.2, 0) is 4.79 Å². The molecule has 36 heavy (non-hydrogen) atoms. The van der Waals surface area contributed by atoms with Gasteiger partial charge in [-0.05, 0) is 61.4 Å². The first-order chi connectivity index (χ1) is 17.6. The number of benzene rings is 3. The Morgan fingerprint density at radius 3 is 2.11 bits per heavy atom. The van der Waals surface area contributed by atoms with Crippen LogP contribution in [0.25, 0.3) is 0 Å². The Balaban J connectivity index is 1.47. The van der Waals surface area contributed by atoms with E-state index in [1.807, 2.05) is 65.6 Å². The highest BCUT2D eigenvalue weighted by Gasteiger charge is 2.14. The number of carbonyl (C=O) groups excluding carboxylic acids is 2. The summed E-state index contributed by atoms with van der Waals surface area (Å²) in [6.07, 6.45) is 1.85. The van der Waals surface area contributed by atoms with Crippen LogP contribution in [0, 0.1) is 0 Å². The summed E-state index contributed by atoms with van der Waals surface area (Å²) < 4.78 is 11.5. The van der Waals surface area contributed by atoms with Crippen LogP contribution in [-0.4, -0.2) is 49.6 Å². The number of hydrogen-bond acceptors (Lipinski definition) is 5. The number of carbonyl (C=O) groups is 2. The lowest BCUT2D eigenvalue weighted by Gasteiger charge is -2.21. The molecule has 0 atom stereocenters. The predicted molar refractivity (Wildman–Crippen MR) is 144 cm³/mol. The minimum atomic E-state index is -0.205. The number of ether oxygens (including phenoxy) is 2. The zero-order valence-corrected chi connectivity index (χ0v) is 21.0. The van der Waals surface area contributed by atoms with Gasteiger partial charge in [-0.1, -0.05) is 44.2 Å². The third-order valence-electron chi connectivity index (χ3n) is 5.37. The van der Waals surface area contributed by atoms with Crippen molar-refractivity contribution in [2.75, 3.05) is 43.5 Å². The summed E-state index contributed by atoms with van der Waals surface area (Å²) in [5, 5.41) is 5.99. The van der Waals surface area contributed by atoms with Crippen molar-refractivity contribution >= 4 is 23.2 Å². The maximum absolute atomic E-state index is 12.7. The number of anilines is 2. The zero-order valence-electron chi connectivity index (χ0n) is 21.0. The normalized spacial score (nSPS) is 10.4. The lowest BCUT2D eigenvalue weighted by molar-refractivity contribution is -0.114. The number of rotatable bonds is 14. The Bertz CT molecular complexity index is 1080. The van der Waals surface area contributed by atoms with E-state index < -0.39 is 0 Å². The van der Waals surface area contributed by atoms with Gasteiger partial charge in [0.15, 0.2) is 0 Å². The molecule has 3 aromatic rings. The standard InChI is InChI=1S/C29H35N3O4/c1-3-18-32(19-4-2)29(34)23-14-16-24(17-15-23)30-22-28(33)31-26-12-8-9-13-27(26)36-21-20-35-25-10-6-5-7-11-25/h5-17,30H,3-4,18-22H2,1-2H3,(H,31,33). The molecule has 0 radical (unpaired) electrons. The molecule has 190 valence electrons. The van der Waals surface area contributed by atoms with E-state index in [1.165, 1.54) is 0 Å². The van der Waals surface area contributed by atoms with Gasteiger partial charge in [0.1, 0.15) is 24.7 Å². The van der Waals surface area contributed by atoms with Gasteiger partial charge in [0, 0.05) is 24.3 Å². The van der Waals surface area contributed by atoms with Crippen LogP contribution in [0.15, 0.2) is 78.9 Å². The van der Waals surface area contributed by atoms with Crippen LogP contribution in [0.4, 0.5) is 11.4 Å². The maximum atomic E-state index is 12.7. The van der Waals surface area contributed by atoms with Crippen molar-refractivity contribution in [3.63, 3.8) is 0 Å². The SMILES string of the molecule is CCCN(CCC)C(=O)c1ccc(NCC(=O)Nc2ccccc2OCCOc2ccccc2)cc1. The molecule has 7 nitrogen and oxygen atoms in total. The second kappa shape index (κ2) is 14.4. The van der Waals surface area contributed by atoms with Gasteiger partial charge in [-0.15, -0.1) is 0 Å². The number of hydrogen-bond donors (Lipinski definition) is 2. The van der Waals surface area contributed by atoms with Crippen LogP contribution >= 0.6 is 0 Å². The number of nitrogens with zero attached hydrogens (tertiary/aromatic N) is 1. The lowest BCUT2D eigenvalue weighted by Crippen LogP contribution is -2.32. The average Bonchev–Trinajstić information content (AvgIpc) is 2.91. The van der Waals surface area contributed by atoms with Crippen LogP contribution in [0.3, 0.4) is 0 Å². The molecular weight excluding hydrogens is 454 g/mol. The van der Waals surface area contributed by atoms with Crippen LogP contribution in [0.2, 0.25) is 0 Å². The number of amides is 2. The summed E-state index contributed by atoms with van der Waals surface area (Å²) in [7, 11) is 0. The first kappa shape index (κ1) is 26.6. The summed E-state index contributed by atoms with van der Waals surface area (Å²) in [4.78, 5) is 27.2. The number of nitrogens with one attached hydrogen (secondary N) is 2. The van der Waals surface area contributed by atoms with Gasteiger partial charge in [0.2, 0.25) is 5.91 Å². The van der Waals surface area contributed by atoms with Crippen LogP contribution < -0.4 is 20.1 Å². The average molecular weight is 490 g/mol. The first-order valence-electron chi connectivity index (χ1n) is 12.4. The predicted octanol–water partition coefficient (Wildman–Crippen LogP) is 5.46. The molecule has 7 heteroatoms. The minimum absolute atomic E-state index is 0.0359. The van der Waals surface area contributed by atoms with Gasteiger partial charge >= 0.3 is 0 Å². The summed E-state index contributed by atoms with van der Waals surface area (Å²) in [5.74, 6) is 1.19. The Morgan fingerprint density at radius 2 is 1.42 bits per heavy atom. The molecule has 0 fully saturated rings. The van der Waals surface area contributed by atoms with Crippen molar-refractivity contribution < 1.29 is 19.1 Å². The van der Waals surface area contributed by atoms with Gasteiger partial charge in [-0.3, -0.25) is 9.59 Å². The minimum Gasteiger partial charge on any atom is -0.490 e. The molecule has 0 aliphatic heterocycles. The summed E-state index contributed by atoms with van der Waals surface area (Å²) >= 11 is 0. The Hall–Kier alpha value is -4.00. The van der Waals surface area contributed by atoms with E-state index in [2.05, 4.69) is 24.5 Å². The molecule has 2 N–H and O–H groups in total. The quantitative estimate of drug-likeness (QED) is 0.294. The van der Waals surface area contributed by atoms with Crippen molar-refractivity contribution in [1.82, 2.24) is 4.90 Å².